The third-order valence-electron chi connectivity index (χ3n) is 3.60. The van der Waals surface area contributed by atoms with Crippen molar-refractivity contribution < 1.29 is 24.2 Å². The molecule has 0 aromatic heterocycles. The minimum absolute atomic E-state index is 0.0437. The fourth-order valence-corrected chi connectivity index (χ4v) is 2.26. The Balaban J connectivity index is 0.00000165. The Hall–Kier alpha value is -2.41. The molecule has 31 heavy (non-hydrogen) atoms. The maximum absolute atomic E-state index is 12.4. The molecule has 0 saturated heterocycles. The van der Waals surface area contributed by atoms with Gasteiger partial charge in [0.1, 0.15) is 12.4 Å². The number of hydrogen-bond acceptors (Lipinski definition) is 6. The van der Waals surface area contributed by atoms with E-state index in [4.69, 9.17) is 26.2 Å². The number of likely N-dealkylation sites (N-methyl/N-ethyl adjacent to an activating group) is 1. The Morgan fingerprint density at radius 2 is 1.42 bits per heavy atom. The first kappa shape index (κ1) is 28.6. The van der Waals surface area contributed by atoms with Crippen LogP contribution in [0.15, 0.2) is 48.5 Å². The predicted octanol–water partition coefficient (Wildman–Crippen LogP) is 5.45. The Bertz CT molecular complexity index is 748. The smallest absolute Gasteiger partial charge is 0.433 e. The van der Waals surface area contributed by atoms with Crippen molar-refractivity contribution in [2.75, 3.05) is 33.4 Å². The van der Waals surface area contributed by atoms with Crippen LogP contribution >= 0.6 is 11.6 Å². The van der Waals surface area contributed by atoms with Crippen LogP contribution in [0.25, 0.3) is 0 Å². The number of aliphatic hydroxyl groups excluding tert-OH is 1. The molecule has 7 heteroatoms. The first-order chi connectivity index (χ1) is 14.9. The van der Waals surface area contributed by atoms with E-state index in [0.717, 1.165) is 0 Å². The summed E-state index contributed by atoms with van der Waals surface area (Å²) in [7, 11) is 1.81. The number of rotatable bonds is 8. The van der Waals surface area contributed by atoms with Crippen molar-refractivity contribution in [2.24, 2.45) is 0 Å². The van der Waals surface area contributed by atoms with E-state index in [1.54, 1.807) is 43.4 Å². The maximum Gasteiger partial charge on any atom is 0.513 e. The second-order valence-corrected chi connectivity index (χ2v) is 6.73. The Morgan fingerprint density at radius 1 is 0.935 bits per heavy atom. The summed E-state index contributed by atoms with van der Waals surface area (Å²) >= 11 is 5.82. The van der Waals surface area contributed by atoms with E-state index in [1.165, 1.54) is 18.6 Å². The molecule has 172 valence electrons. The lowest BCUT2D eigenvalue weighted by Gasteiger charge is -2.14. The Kier molecular flexibility index (Phi) is 15.9. The van der Waals surface area contributed by atoms with Gasteiger partial charge in [-0.25, -0.2) is 4.79 Å². The molecule has 0 unspecified atom stereocenters. The number of ether oxygens (including phenoxy) is 2. The number of carbonyl (C=O) groups excluding carboxylic acids is 2. The number of benzene rings is 2. The average molecular weight is 452 g/mol. The average Bonchev–Trinajstić information content (AvgIpc) is 2.76. The summed E-state index contributed by atoms with van der Waals surface area (Å²) in [4.78, 5) is 25.8. The minimum atomic E-state index is -0.820. The highest BCUT2D eigenvalue weighted by Gasteiger charge is 2.11. The quantitative estimate of drug-likeness (QED) is 0.326. The maximum atomic E-state index is 12.4. The van der Waals surface area contributed by atoms with E-state index in [9.17, 15) is 9.59 Å². The van der Waals surface area contributed by atoms with Gasteiger partial charge in [0, 0.05) is 29.2 Å². The summed E-state index contributed by atoms with van der Waals surface area (Å²) in [5, 5.41) is 9.34. The van der Waals surface area contributed by atoms with Gasteiger partial charge in [0.25, 0.3) is 0 Å². The SMILES string of the molecule is CC.CCC.CN(CCO)CCOC(=O)Oc1ccc(C(=O)c2ccc(Cl)cc2)cc1. The topological polar surface area (TPSA) is 76.1 Å². The molecule has 0 bridgehead atoms. The summed E-state index contributed by atoms with van der Waals surface area (Å²) in [6.45, 7) is 9.44. The largest absolute Gasteiger partial charge is 0.513 e. The lowest BCUT2D eigenvalue weighted by molar-refractivity contribution is 0.0880. The van der Waals surface area contributed by atoms with Crippen molar-refractivity contribution in [3.63, 3.8) is 0 Å². The lowest BCUT2D eigenvalue weighted by atomic mass is 10.0. The molecule has 6 nitrogen and oxygen atoms in total. The Labute approximate surface area is 190 Å². The highest BCUT2D eigenvalue weighted by molar-refractivity contribution is 6.30. The zero-order valence-corrected chi connectivity index (χ0v) is 19.8. The molecule has 1 N–H and O–H groups in total. The molecule has 2 aromatic carbocycles. The van der Waals surface area contributed by atoms with Gasteiger partial charge in [-0.05, 0) is 55.6 Å². The van der Waals surface area contributed by atoms with Crippen LogP contribution in [0.2, 0.25) is 5.02 Å². The zero-order valence-electron chi connectivity index (χ0n) is 19.1. The molecule has 0 atom stereocenters. The number of nitrogens with zero attached hydrogens (tertiary/aromatic N) is 1. The molecule has 0 aliphatic rings. The van der Waals surface area contributed by atoms with E-state index >= 15 is 0 Å². The van der Waals surface area contributed by atoms with Gasteiger partial charge < -0.3 is 19.5 Å². The van der Waals surface area contributed by atoms with Crippen LogP contribution in [0, 0.1) is 0 Å². The number of carbonyl (C=O) groups is 2. The van der Waals surface area contributed by atoms with E-state index in [0.29, 0.717) is 29.2 Å². The van der Waals surface area contributed by atoms with Crippen LogP contribution in [0.3, 0.4) is 0 Å². The summed E-state index contributed by atoms with van der Waals surface area (Å²) in [6, 6.07) is 12.8. The fraction of sp³-hybridized carbons (Fsp3) is 0.417. The number of ketones is 1. The van der Waals surface area contributed by atoms with Crippen LogP contribution < -0.4 is 4.74 Å². The third kappa shape index (κ3) is 12.1. The predicted molar refractivity (Wildman–Crippen MR) is 125 cm³/mol. The van der Waals surface area contributed by atoms with Crippen molar-refractivity contribution in [2.45, 2.75) is 34.1 Å². The highest BCUT2D eigenvalue weighted by atomic mass is 35.5. The van der Waals surface area contributed by atoms with Crippen molar-refractivity contribution in [3.8, 4) is 5.75 Å². The first-order valence-electron chi connectivity index (χ1n) is 10.5. The van der Waals surface area contributed by atoms with Crippen LogP contribution in [0.5, 0.6) is 5.75 Å². The second kappa shape index (κ2) is 17.3. The lowest BCUT2D eigenvalue weighted by Crippen LogP contribution is -2.27. The van der Waals surface area contributed by atoms with E-state index in [2.05, 4.69) is 13.8 Å². The van der Waals surface area contributed by atoms with Crippen molar-refractivity contribution in [3.05, 3.63) is 64.7 Å². The molecular weight excluding hydrogens is 418 g/mol. The van der Waals surface area contributed by atoms with E-state index in [1.807, 2.05) is 18.7 Å². The first-order valence-corrected chi connectivity index (χ1v) is 10.8. The van der Waals surface area contributed by atoms with Crippen molar-refractivity contribution >= 4 is 23.5 Å². The van der Waals surface area contributed by atoms with E-state index in [-0.39, 0.29) is 24.7 Å². The van der Waals surface area contributed by atoms with Crippen molar-refractivity contribution in [1.82, 2.24) is 4.90 Å². The molecule has 0 radical (unpaired) electrons. The molecule has 0 heterocycles. The number of hydrogen-bond donors (Lipinski definition) is 1. The zero-order chi connectivity index (χ0) is 23.6. The molecule has 0 saturated carbocycles. The molecule has 2 rings (SSSR count). The normalized spacial score (nSPS) is 9.68. The van der Waals surface area contributed by atoms with Gasteiger partial charge in [-0.2, -0.15) is 0 Å². The van der Waals surface area contributed by atoms with Crippen LogP contribution in [0.4, 0.5) is 4.79 Å². The number of aliphatic hydroxyl groups is 1. The van der Waals surface area contributed by atoms with Gasteiger partial charge in [-0.3, -0.25) is 4.79 Å². The molecular formula is C24H34ClNO5. The van der Waals surface area contributed by atoms with Crippen LogP contribution in [-0.4, -0.2) is 55.3 Å². The van der Waals surface area contributed by atoms with Gasteiger partial charge in [0.15, 0.2) is 5.78 Å². The van der Waals surface area contributed by atoms with E-state index < -0.39 is 6.16 Å². The monoisotopic (exact) mass is 451 g/mol. The molecule has 0 fully saturated rings. The summed E-state index contributed by atoms with van der Waals surface area (Å²) in [5.41, 5.74) is 0.994. The second-order valence-electron chi connectivity index (χ2n) is 6.29. The molecule has 0 spiro atoms. The molecule has 0 aliphatic carbocycles. The molecule has 0 aliphatic heterocycles. The fourth-order valence-electron chi connectivity index (χ4n) is 2.14. The molecule has 2 aromatic rings. The minimum Gasteiger partial charge on any atom is -0.433 e. The van der Waals surface area contributed by atoms with Crippen molar-refractivity contribution in [1.29, 1.82) is 0 Å². The van der Waals surface area contributed by atoms with Gasteiger partial charge in [-0.15, -0.1) is 0 Å². The van der Waals surface area contributed by atoms with Gasteiger partial charge >= 0.3 is 6.16 Å². The number of halogens is 1. The standard InChI is InChI=1S/C19H20ClNO5.C3H8.C2H6/c1-21(10-12-22)11-13-25-19(24)26-17-8-4-15(5-9-17)18(23)14-2-6-16(20)7-3-14;1-3-2;1-2/h2-9,22H,10-13H2,1H3;3H2,1-2H3;1-2H3. The summed E-state index contributed by atoms with van der Waals surface area (Å²) in [6.07, 6.45) is 0.430. The third-order valence-corrected chi connectivity index (χ3v) is 3.85. The summed E-state index contributed by atoms with van der Waals surface area (Å²) < 4.78 is 10.0. The van der Waals surface area contributed by atoms with Crippen LogP contribution in [0.1, 0.15) is 50.0 Å². The Morgan fingerprint density at radius 3 is 1.90 bits per heavy atom. The summed E-state index contributed by atoms with van der Waals surface area (Å²) in [5.74, 6) is 0.133. The van der Waals surface area contributed by atoms with Crippen LogP contribution in [-0.2, 0) is 4.74 Å². The molecule has 0 amide bonds. The van der Waals surface area contributed by atoms with Gasteiger partial charge in [0.05, 0.1) is 6.61 Å². The van der Waals surface area contributed by atoms with Gasteiger partial charge in [-0.1, -0.05) is 45.7 Å². The van der Waals surface area contributed by atoms with Gasteiger partial charge in [0.2, 0.25) is 0 Å². The highest BCUT2D eigenvalue weighted by Crippen LogP contribution is 2.17.